The van der Waals surface area contributed by atoms with Crippen LogP contribution in [0.25, 0.3) is 22.3 Å². The van der Waals surface area contributed by atoms with Crippen LogP contribution >= 0.6 is 11.8 Å². The first-order chi connectivity index (χ1) is 20.5. The molecule has 1 fully saturated rings. The van der Waals surface area contributed by atoms with Crippen molar-refractivity contribution in [2.24, 2.45) is 0 Å². The molecule has 0 saturated carbocycles. The van der Waals surface area contributed by atoms with Gasteiger partial charge in [-0.3, -0.25) is 9.78 Å². The van der Waals surface area contributed by atoms with Crippen molar-refractivity contribution in [2.75, 3.05) is 17.4 Å². The van der Waals surface area contributed by atoms with Crippen LogP contribution in [-0.4, -0.2) is 113 Å². The van der Waals surface area contributed by atoms with Gasteiger partial charge in [0.2, 0.25) is 0 Å². The van der Waals surface area contributed by atoms with E-state index in [1.54, 1.807) is 60.4 Å². The summed E-state index contributed by atoms with van der Waals surface area (Å²) in [5.74, 6) is -0.363. The molecular weight excluding hydrogens is 567 g/mol. The number of nitrogens with zero attached hydrogens (tertiary/aromatic N) is 4. The zero-order valence-electron chi connectivity index (χ0n) is 24.4. The Morgan fingerprint density at radius 3 is 2.25 bits per heavy atom. The number of nitrogens with one attached hydrogen (secondary N) is 1. The molecule has 0 aliphatic carbocycles. The molecule has 2 unspecified atom stereocenters. The van der Waals surface area contributed by atoms with Crippen LogP contribution < -0.4 is 10.2 Å². The molecule has 1 aliphatic rings. The number of rotatable bonds is 5. The Morgan fingerprint density at radius 2 is 1.59 bits per heavy atom. The van der Waals surface area contributed by atoms with Gasteiger partial charge in [-0.05, 0) is 72.6 Å². The lowest BCUT2D eigenvalue weighted by Crippen LogP contribution is -2.86. The van der Waals surface area contributed by atoms with Gasteiger partial charge in [-0.25, -0.2) is 9.97 Å². The van der Waals surface area contributed by atoms with Gasteiger partial charge in [0, 0.05) is 17.1 Å². The van der Waals surface area contributed by atoms with Gasteiger partial charge in [0.25, 0.3) is 5.91 Å². The molecule has 16 heteroatoms. The van der Waals surface area contributed by atoms with E-state index in [-0.39, 0.29) is 18.3 Å². The van der Waals surface area contributed by atoms with E-state index in [1.807, 2.05) is 31.6 Å². The molecule has 1 saturated heterocycles. The van der Waals surface area contributed by atoms with E-state index in [0.29, 0.717) is 33.1 Å². The molecule has 12 radical (unpaired) electrons. The molecule has 3 N–H and O–H groups in total. The second-order valence-corrected chi connectivity index (χ2v) is 11.2. The molecule has 1 aromatic carbocycles. The van der Waals surface area contributed by atoms with Gasteiger partial charge in [-0.1, -0.05) is 23.8 Å². The number of aliphatic hydroxyl groups is 2. The maximum absolute atomic E-state index is 12.5. The summed E-state index contributed by atoms with van der Waals surface area (Å²) in [7, 11) is 35.6. The number of carbonyl (C=O) groups excluding carboxylic acids is 1. The highest BCUT2D eigenvalue weighted by atomic mass is 32.2. The predicted molar refractivity (Wildman–Crippen MR) is 178 cm³/mol. The summed E-state index contributed by atoms with van der Waals surface area (Å²) in [4.78, 5) is 26.7. The fourth-order valence-corrected chi connectivity index (χ4v) is 4.36. The van der Waals surface area contributed by atoms with Crippen LogP contribution in [-0.2, 0) is 11.3 Å². The molecule has 0 spiro atoms. The smallest absolute Gasteiger partial charge is 0.251 e. The highest BCUT2D eigenvalue weighted by Gasteiger charge is 2.61. The van der Waals surface area contributed by atoms with Crippen LogP contribution in [0.4, 0.5) is 5.82 Å². The van der Waals surface area contributed by atoms with Crippen molar-refractivity contribution in [3.8, 4) is 11.4 Å². The van der Waals surface area contributed by atoms with Crippen LogP contribution in [0.15, 0.2) is 66.9 Å². The molecule has 44 heavy (non-hydrogen) atoms. The van der Waals surface area contributed by atoms with E-state index < -0.39 is 22.0 Å². The Morgan fingerprint density at radius 1 is 0.955 bits per heavy atom. The second-order valence-electron chi connectivity index (χ2n) is 10.4. The monoisotopic (exact) mass is 593 g/mol. The molecule has 9 nitrogen and oxygen atoms in total. The van der Waals surface area contributed by atoms with Gasteiger partial charge in [-0.15, -0.1) is 0 Å². The SMILES string of the molecule is CSC.[B]C1([B])OC([B])(O)C([B])(O)N(c2cccc(-c3ccc4cnc(CNC(=O)c5ccc(C)cc5)cc4n3)n2)C1([B])[B]. The maximum Gasteiger partial charge on any atom is 0.251 e. The van der Waals surface area contributed by atoms with E-state index in [4.69, 9.17) is 51.8 Å². The van der Waals surface area contributed by atoms with Gasteiger partial charge in [0.15, 0.2) is 21.4 Å². The van der Waals surface area contributed by atoms with Crippen LogP contribution in [0.1, 0.15) is 21.6 Å². The summed E-state index contributed by atoms with van der Waals surface area (Å²) in [6.45, 7) is 2.13. The summed E-state index contributed by atoms with van der Waals surface area (Å²) in [5, 5.41) is 20.1. The normalized spacial score (nSPS) is 22.1. The average molecular weight is 592 g/mol. The van der Waals surface area contributed by atoms with E-state index in [2.05, 4.69) is 20.3 Å². The molecule has 5 rings (SSSR count). The van der Waals surface area contributed by atoms with Crippen molar-refractivity contribution in [1.82, 2.24) is 20.3 Å². The largest absolute Gasteiger partial charge is 0.376 e. The highest BCUT2D eigenvalue weighted by Crippen LogP contribution is 2.42. The topological polar surface area (TPSA) is 121 Å². The highest BCUT2D eigenvalue weighted by molar-refractivity contribution is 7.97. The Kier molecular flexibility index (Phi) is 9.71. The van der Waals surface area contributed by atoms with Crippen molar-refractivity contribution in [3.63, 3.8) is 0 Å². The lowest BCUT2D eigenvalue weighted by atomic mass is 9.37. The first kappa shape index (κ1) is 33.7. The molecule has 2 atom stereocenters. The quantitative estimate of drug-likeness (QED) is 0.282. The predicted octanol–water partition coefficient (Wildman–Crippen LogP) is 0.357. The molecule has 0 bridgehead atoms. The van der Waals surface area contributed by atoms with Crippen LogP contribution in [0.3, 0.4) is 0 Å². The third-order valence-electron chi connectivity index (χ3n) is 6.79. The number of pyridine rings is 3. The number of benzene rings is 1. The lowest BCUT2D eigenvalue weighted by molar-refractivity contribution is -0.259. The third kappa shape index (κ3) is 6.59. The fourth-order valence-electron chi connectivity index (χ4n) is 4.36. The van der Waals surface area contributed by atoms with Crippen molar-refractivity contribution in [2.45, 2.75) is 35.5 Å². The Bertz CT molecular complexity index is 1630. The number of anilines is 1. The number of carbonyl (C=O) groups is 1. The standard InChI is InChI=1S/C26H19B6N5O4.C2H6S/c1-14-5-7-15(8-6-14)22(38)34-13-17-11-20-16(12-33-17)9-10-19(35-20)18-3-2-4-21(36-18)37-23(27,28)24(29,30)41-26(32,40)25(37,31)39;1-3-2/h2-12,39-40H,13H2,1H3,(H,34,38);1-2H3. The third-order valence-corrected chi connectivity index (χ3v) is 6.79. The minimum Gasteiger partial charge on any atom is -0.376 e. The number of fused-ring (bicyclic) bond motifs is 1. The number of hydrogen-bond acceptors (Lipinski definition) is 9. The van der Waals surface area contributed by atoms with E-state index in [9.17, 15) is 15.0 Å². The van der Waals surface area contributed by atoms with E-state index in [0.717, 1.165) is 10.9 Å². The minimum absolute atomic E-state index is 0.138. The lowest BCUT2D eigenvalue weighted by Gasteiger charge is -2.67. The summed E-state index contributed by atoms with van der Waals surface area (Å²) in [6, 6.07) is 17.1. The first-order valence-electron chi connectivity index (χ1n) is 13.2. The zero-order valence-corrected chi connectivity index (χ0v) is 25.2. The molecule has 3 aromatic heterocycles. The maximum atomic E-state index is 12.5. The fraction of sp³-hybridized carbons (Fsp3) is 0.286. The second kappa shape index (κ2) is 12.7. The van der Waals surface area contributed by atoms with Gasteiger partial charge in [0.05, 0.1) is 44.8 Å². The van der Waals surface area contributed by atoms with Crippen molar-refractivity contribution in [3.05, 3.63) is 83.7 Å². The summed E-state index contributed by atoms with van der Waals surface area (Å²) in [6.07, 6.45) is 5.73. The van der Waals surface area contributed by atoms with Crippen molar-refractivity contribution >= 4 is 81.5 Å². The Labute approximate surface area is 268 Å². The van der Waals surface area contributed by atoms with E-state index in [1.165, 1.54) is 6.07 Å². The Balaban J connectivity index is 0.00000141. The molecular formula is C28H25B6N5O4S. The number of thioether (sulfide) groups is 1. The van der Waals surface area contributed by atoms with Crippen molar-refractivity contribution in [1.29, 1.82) is 0 Å². The zero-order chi connectivity index (χ0) is 32.5. The van der Waals surface area contributed by atoms with E-state index >= 15 is 0 Å². The summed E-state index contributed by atoms with van der Waals surface area (Å²) >= 11 is 1.75. The van der Waals surface area contributed by atoms with Gasteiger partial charge >= 0.3 is 0 Å². The number of aromatic nitrogens is 3. The van der Waals surface area contributed by atoms with Gasteiger partial charge in [0.1, 0.15) is 27.1 Å². The Hall–Kier alpha value is -3.18. The minimum atomic E-state index is -2.99. The van der Waals surface area contributed by atoms with Gasteiger partial charge in [-0.2, -0.15) is 11.8 Å². The van der Waals surface area contributed by atoms with Crippen LogP contribution in [0.2, 0.25) is 0 Å². The number of aryl methyl sites for hydroxylation is 1. The number of amides is 1. The molecule has 4 heterocycles. The number of morpholine rings is 1. The van der Waals surface area contributed by atoms with Crippen LogP contribution in [0.5, 0.6) is 0 Å². The summed E-state index contributed by atoms with van der Waals surface area (Å²) in [5.41, 5.74) is -2.40. The van der Waals surface area contributed by atoms with Gasteiger partial charge < -0.3 is 25.2 Å². The number of ether oxygens (including phenoxy) is 1. The molecule has 4 aromatic rings. The first-order valence-corrected chi connectivity index (χ1v) is 14.8. The summed E-state index contributed by atoms with van der Waals surface area (Å²) < 4.78 is 4.93. The molecule has 210 valence electrons. The molecule has 1 aliphatic heterocycles. The van der Waals surface area contributed by atoms with Crippen molar-refractivity contribution < 1.29 is 19.7 Å². The molecule has 1 amide bonds. The average Bonchev–Trinajstić information content (AvgIpc) is 2.95. The number of hydrogen-bond donors (Lipinski definition) is 3. The van der Waals surface area contributed by atoms with Crippen LogP contribution in [0, 0.1) is 6.92 Å².